The number of aromatic nitrogens is 2. The van der Waals surface area contributed by atoms with Crippen LogP contribution in [0, 0.1) is 5.82 Å². The van der Waals surface area contributed by atoms with Crippen LogP contribution < -0.4 is 9.62 Å². The molecule has 0 aliphatic rings. The van der Waals surface area contributed by atoms with E-state index in [0.717, 1.165) is 22.7 Å². The van der Waals surface area contributed by atoms with Gasteiger partial charge in [0.2, 0.25) is 21.1 Å². The zero-order valence-electron chi connectivity index (χ0n) is 15.3. The summed E-state index contributed by atoms with van der Waals surface area (Å²) in [5.41, 5.74) is 0.217. The number of thioether (sulfide) groups is 1. The van der Waals surface area contributed by atoms with Gasteiger partial charge >= 0.3 is 0 Å². The van der Waals surface area contributed by atoms with E-state index in [1.165, 1.54) is 35.2 Å². The van der Waals surface area contributed by atoms with Crippen LogP contribution in [-0.2, 0) is 14.8 Å². The summed E-state index contributed by atoms with van der Waals surface area (Å²) in [6.45, 7) is 5.74. The molecule has 1 N–H and O–H groups in total. The van der Waals surface area contributed by atoms with Gasteiger partial charge in [0.05, 0.1) is 11.9 Å². The number of carbonyl (C=O) groups excluding carboxylic acids is 1. The minimum atomic E-state index is -3.78. The van der Waals surface area contributed by atoms with Crippen LogP contribution in [0.5, 0.6) is 0 Å². The second kappa shape index (κ2) is 8.98. The Balaban J connectivity index is 2.26. The first-order valence-electron chi connectivity index (χ1n) is 8.17. The van der Waals surface area contributed by atoms with Crippen molar-refractivity contribution in [3.05, 3.63) is 30.1 Å². The van der Waals surface area contributed by atoms with E-state index in [4.69, 9.17) is 0 Å². The summed E-state index contributed by atoms with van der Waals surface area (Å²) in [5, 5.41) is 11.2. The zero-order valence-corrected chi connectivity index (χ0v) is 17.8. The number of benzene rings is 1. The third-order valence-electron chi connectivity index (χ3n) is 3.38. The van der Waals surface area contributed by atoms with Crippen LogP contribution in [0.15, 0.2) is 28.6 Å². The maximum absolute atomic E-state index is 13.2. The highest BCUT2D eigenvalue weighted by Gasteiger charge is 2.32. The fourth-order valence-electron chi connectivity index (χ4n) is 2.35. The summed E-state index contributed by atoms with van der Waals surface area (Å²) in [7, 11) is -3.78. The summed E-state index contributed by atoms with van der Waals surface area (Å²) in [5.74, 6) is -1.02. The van der Waals surface area contributed by atoms with Gasteiger partial charge in [0.15, 0.2) is 4.34 Å². The first kappa shape index (κ1) is 21.6. The molecule has 1 heterocycles. The van der Waals surface area contributed by atoms with Crippen LogP contribution in [0.25, 0.3) is 0 Å². The van der Waals surface area contributed by atoms with E-state index < -0.39 is 27.8 Å². The summed E-state index contributed by atoms with van der Waals surface area (Å²) < 4.78 is 39.6. The van der Waals surface area contributed by atoms with Crippen LogP contribution in [-0.4, -0.2) is 42.1 Å². The minimum Gasteiger partial charge on any atom is -0.299 e. The van der Waals surface area contributed by atoms with Crippen molar-refractivity contribution in [2.75, 3.05) is 15.9 Å². The Hall–Kier alpha value is -1.72. The second-order valence-corrected chi connectivity index (χ2v) is 10.6. The molecule has 11 heteroatoms. The third-order valence-corrected chi connectivity index (χ3v) is 6.49. The normalized spacial score (nSPS) is 12.8. The Kier molecular flexibility index (Phi) is 7.18. The molecule has 27 heavy (non-hydrogen) atoms. The van der Waals surface area contributed by atoms with E-state index >= 15 is 0 Å². The molecule has 148 valence electrons. The molecule has 0 aliphatic heterocycles. The van der Waals surface area contributed by atoms with Gasteiger partial charge in [0, 0.05) is 5.25 Å². The predicted molar refractivity (Wildman–Crippen MR) is 107 cm³/mol. The van der Waals surface area contributed by atoms with E-state index in [9.17, 15) is 17.6 Å². The maximum Gasteiger partial charge on any atom is 0.250 e. The van der Waals surface area contributed by atoms with E-state index in [1.54, 1.807) is 6.92 Å². The smallest absolute Gasteiger partial charge is 0.250 e. The Morgan fingerprint density at radius 2 is 1.93 bits per heavy atom. The van der Waals surface area contributed by atoms with Gasteiger partial charge in [-0.1, -0.05) is 43.9 Å². The number of hydrogen-bond acceptors (Lipinski definition) is 7. The summed E-state index contributed by atoms with van der Waals surface area (Å²) >= 11 is 2.75. The Labute approximate surface area is 166 Å². The van der Waals surface area contributed by atoms with Gasteiger partial charge in [0.1, 0.15) is 11.9 Å². The monoisotopic (exact) mass is 432 g/mol. The molecule has 7 nitrogen and oxygen atoms in total. The van der Waals surface area contributed by atoms with Gasteiger partial charge < -0.3 is 0 Å². The molecule has 1 aromatic carbocycles. The van der Waals surface area contributed by atoms with Gasteiger partial charge in [-0.2, -0.15) is 0 Å². The lowest BCUT2D eigenvalue weighted by Gasteiger charge is -2.29. The SMILES string of the molecule is CC[C@H](C(=O)Nc1nnc(SC(C)C)s1)N(c1ccc(F)cc1)S(C)(=O)=O. The van der Waals surface area contributed by atoms with Crippen molar-refractivity contribution >= 4 is 49.8 Å². The first-order chi connectivity index (χ1) is 12.6. The van der Waals surface area contributed by atoms with E-state index in [-0.39, 0.29) is 12.1 Å². The lowest BCUT2D eigenvalue weighted by molar-refractivity contribution is -0.117. The molecule has 0 fully saturated rings. The van der Waals surface area contributed by atoms with Crippen LogP contribution in [0.1, 0.15) is 27.2 Å². The van der Waals surface area contributed by atoms with Crippen molar-refractivity contribution in [1.82, 2.24) is 10.2 Å². The first-order valence-corrected chi connectivity index (χ1v) is 11.7. The number of rotatable bonds is 8. The van der Waals surface area contributed by atoms with Crippen LogP contribution in [0.2, 0.25) is 0 Å². The molecule has 2 aromatic rings. The van der Waals surface area contributed by atoms with Gasteiger partial charge in [-0.3, -0.25) is 14.4 Å². The number of amides is 1. The van der Waals surface area contributed by atoms with Gasteiger partial charge in [-0.05, 0) is 30.7 Å². The summed E-state index contributed by atoms with van der Waals surface area (Å²) in [4.78, 5) is 12.7. The number of nitrogens with zero attached hydrogens (tertiary/aromatic N) is 3. The topological polar surface area (TPSA) is 92.3 Å². The van der Waals surface area contributed by atoms with Gasteiger partial charge in [0.25, 0.3) is 0 Å². The quantitative estimate of drug-likeness (QED) is 0.508. The highest BCUT2D eigenvalue weighted by Crippen LogP contribution is 2.29. The molecule has 0 aliphatic carbocycles. The number of carbonyl (C=O) groups is 1. The molecule has 0 unspecified atom stereocenters. The van der Waals surface area contributed by atoms with Crippen LogP contribution in [0.3, 0.4) is 0 Å². The number of halogens is 1. The number of anilines is 2. The van der Waals surface area contributed by atoms with E-state index in [1.807, 2.05) is 13.8 Å². The van der Waals surface area contributed by atoms with Crippen molar-refractivity contribution in [1.29, 1.82) is 0 Å². The summed E-state index contributed by atoms with van der Waals surface area (Å²) in [6, 6.07) is 3.95. The van der Waals surface area contributed by atoms with Crippen molar-refractivity contribution in [3.63, 3.8) is 0 Å². The molecule has 0 radical (unpaired) electrons. The summed E-state index contributed by atoms with van der Waals surface area (Å²) in [6.07, 6.45) is 1.23. The molecule has 0 saturated carbocycles. The average Bonchev–Trinajstić information content (AvgIpc) is 2.98. The molecular weight excluding hydrogens is 411 g/mol. The van der Waals surface area contributed by atoms with Crippen molar-refractivity contribution in [2.24, 2.45) is 0 Å². The largest absolute Gasteiger partial charge is 0.299 e. The minimum absolute atomic E-state index is 0.217. The number of nitrogens with one attached hydrogen (secondary N) is 1. The molecule has 1 aromatic heterocycles. The van der Waals surface area contributed by atoms with Gasteiger partial charge in [-0.25, -0.2) is 12.8 Å². The lowest BCUT2D eigenvalue weighted by atomic mass is 10.2. The average molecular weight is 433 g/mol. The molecule has 1 amide bonds. The highest BCUT2D eigenvalue weighted by atomic mass is 32.2. The molecule has 2 rings (SSSR count). The fraction of sp³-hybridized carbons (Fsp3) is 0.438. The number of hydrogen-bond donors (Lipinski definition) is 1. The molecule has 0 spiro atoms. The Morgan fingerprint density at radius 3 is 2.44 bits per heavy atom. The van der Waals surface area contributed by atoms with Crippen molar-refractivity contribution in [2.45, 2.75) is 42.8 Å². The van der Waals surface area contributed by atoms with E-state index in [0.29, 0.717) is 14.7 Å². The highest BCUT2D eigenvalue weighted by molar-refractivity contribution is 8.01. The number of sulfonamides is 1. The second-order valence-electron chi connectivity index (χ2n) is 5.99. The van der Waals surface area contributed by atoms with Crippen molar-refractivity contribution < 1.29 is 17.6 Å². The van der Waals surface area contributed by atoms with Crippen LogP contribution >= 0.6 is 23.1 Å². The van der Waals surface area contributed by atoms with Crippen molar-refractivity contribution in [3.8, 4) is 0 Å². The standard InChI is InChI=1S/C16H21FN4O3S3/c1-5-13(14(22)18-15-19-20-16(26-15)25-10(2)3)21(27(4,23)24)12-8-6-11(17)7-9-12/h6-10,13H,5H2,1-4H3,(H,18,19,22)/t13-/m1/s1. The lowest BCUT2D eigenvalue weighted by Crippen LogP contribution is -2.47. The van der Waals surface area contributed by atoms with Gasteiger partial charge in [-0.15, -0.1) is 10.2 Å². The molecular formula is C16H21FN4O3S3. The zero-order chi connectivity index (χ0) is 20.2. The van der Waals surface area contributed by atoms with E-state index in [2.05, 4.69) is 15.5 Å². The maximum atomic E-state index is 13.2. The Bertz CT molecular complexity index is 885. The molecule has 0 saturated heterocycles. The third kappa shape index (κ3) is 5.88. The Morgan fingerprint density at radius 1 is 1.30 bits per heavy atom. The molecule has 0 bridgehead atoms. The molecule has 1 atom stereocenters. The van der Waals surface area contributed by atoms with Crippen LogP contribution in [0.4, 0.5) is 15.2 Å². The fourth-order valence-corrected chi connectivity index (χ4v) is 5.54. The predicted octanol–water partition coefficient (Wildman–Crippen LogP) is 3.36.